The second-order valence-electron chi connectivity index (χ2n) is 6.68. The van der Waals surface area contributed by atoms with Crippen molar-refractivity contribution < 1.29 is 10.2 Å². The molecule has 1 aliphatic heterocycles. The summed E-state index contributed by atoms with van der Waals surface area (Å²) in [5.41, 5.74) is 0. The first kappa shape index (κ1) is 14.3. The summed E-state index contributed by atoms with van der Waals surface area (Å²) < 4.78 is 0. The zero-order chi connectivity index (χ0) is 13.1. The van der Waals surface area contributed by atoms with Crippen LogP contribution in [0.5, 0.6) is 0 Å². The third-order valence-corrected chi connectivity index (χ3v) is 4.98. The van der Waals surface area contributed by atoms with Crippen LogP contribution < -0.4 is 0 Å². The Kier molecular flexibility index (Phi) is 5.05. The molecular weight excluding hydrogens is 226 g/mol. The second-order valence-corrected chi connectivity index (χ2v) is 6.68. The Morgan fingerprint density at radius 3 is 2.33 bits per heavy atom. The summed E-state index contributed by atoms with van der Waals surface area (Å²) in [7, 11) is 0. The van der Waals surface area contributed by atoms with E-state index in [-0.39, 0.29) is 12.2 Å². The number of hydrogen-bond acceptors (Lipinski definition) is 3. The van der Waals surface area contributed by atoms with Gasteiger partial charge in [0.05, 0.1) is 12.2 Å². The van der Waals surface area contributed by atoms with Gasteiger partial charge in [0.15, 0.2) is 0 Å². The summed E-state index contributed by atoms with van der Waals surface area (Å²) in [6, 6.07) is 0. The van der Waals surface area contributed by atoms with Gasteiger partial charge in [-0.15, -0.1) is 0 Å². The highest BCUT2D eigenvalue weighted by Crippen LogP contribution is 2.34. The fraction of sp³-hybridized carbons (Fsp3) is 1.00. The third kappa shape index (κ3) is 3.69. The van der Waals surface area contributed by atoms with Crippen molar-refractivity contribution >= 4 is 0 Å². The molecule has 1 heterocycles. The van der Waals surface area contributed by atoms with Gasteiger partial charge in [-0.3, -0.25) is 0 Å². The average molecular weight is 255 g/mol. The number of hydrogen-bond donors (Lipinski definition) is 2. The number of nitrogens with zero attached hydrogens (tertiary/aromatic N) is 1. The molecular formula is C15H29NO2. The molecule has 0 aromatic heterocycles. The van der Waals surface area contributed by atoms with Crippen molar-refractivity contribution in [3.05, 3.63) is 0 Å². The molecule has 2 aliphatic rings. The molecule has 1 saturated heterocycles. The molecule has 2 fully saturated rings. The Hall–Kier alpha value is -0.120. The maximum absolute atomic E-state index is 10.2. The van der Waals surface area contributed by atoms with Crippen molar-refractivity contribution in [2.24, 2.45) is 17.8 Å². The molecule has 3 atom stereocenters. The van der Waals surface area contributed by atoms with E-state index in [1.807, 2.05) is 0 Å². The molecule has 0 spiro atoms. The SMILES string of the molecule is CC(C)C1CCC(O)C(CN2CCC(O)CC2)C1. The number of rotatable bonds is 3. The van der Waals surface area contributed by atoms with Crippen LogP contribution in [0.25, 0.3) is 0 Å². The maximum atomic E-state index is 10.2. The van der Waals surface area contributed by atoms with Gasteiger partial charge in [0.25, 0.3) is 0 Å². The molecule has 0 amide bonds. The molecule has 0 radical (unpaired) electrons. The van der Waals surface area contributed by atoms with Crippen molar-refractivity contribution in [3.63, 3.8) is 0 Å². The van der Waals surface area contributed by atoms with E-state index in [0.717, 1.165) is 50.7 Å². The molecule has 18 heavy (non-hydrogen) atoms. The zero-order valence-corrected chi connectivity index (χ0v) is 11.9. The predicted molar refractivity (Wildman–Crippen MR) is 73.4 cm³/mol. The first-order valence-corrected chi connectivity index (χ1v) is 7.64. The van der Waals surface area contributed by atoms with Crippen LogP contribution in [0.2, 0.25) is 0 Å². The molecule has 106 valence electrons. The fourth-order valence-corrected chi connectivity index (χ4v) is 3.52. The first-order chi connectivity index (χ1) is 8.56. The molecule has 3 heteroatoms. The molecule has 3 nitrogen and oxygen atoms in total. The molecule has 0 aromatic carbocycles. The minimum atomic E-state index is -0.105. The first-order valence-electron chi connectivity index (χ1n) is 7.64. The number of aliphatic hydroxyl groups excluding tert-OH is 2. The minimum Gasteiger partial charge on any atom is -0.393 e. The predicted octanol–water partition coefficient (Wildman–Crippen LogP) is 1.88. The van der Waals surface area contributed by atoms with Gasteiger partial charge in [-0.05, 0) is 49.9 Å². The molecule has 0 bridgehead atoms. The van der Waals surface area contributed by atoms with Crippen LogP contribution in [-0.4, -0.2) is 47.0 Å². The normalized spacial score (nSPS) is 36.2. The lowest BCUT2D eigenvalue weighted by Gasteiger charge is -2.39. The fourth-order valence-electron chi connectivity index (χ4n) is 3.52. The lowest BCUT2D eigenvalue weighted by Crippen LogP contribution is -2.43. The Morgan fingerprint density at radius 1 is 1.06 bits per heavy atom. The van der Waals surface area contributed by atoms with Crippen LogP contribution in [-0.2, 0) is 0 Å². The van der Waals surface area contributed by atoms with Gasteiger partial charge in [-0.1, -0.05) is 13.8 Å². The molecule has 2 N–H and O–H groups in total. The smallest absolute Gasteiger partial charge is 0.0580 e. The molecule has 0 aromatic rings. The van der Waals surface area contributed by atoms with E-state index in [4.69, 9.17) is 0 Å². The zero-order valence-electron chi connectivity index (χ0n) is 11.9. The number of likely N-dealkylation sites (tertiary alicyclic amines) is 1. The van der Waals surface area contributed by atoms with Crippen molar-refractivity contribution in [3.8, 4) is 0 Å². The van der Waals surface area contributed by atoms with Crippen molar-refractivity contribution in [1.29, 1.82) is 0 Å². The Labute approximate surface area is 111 Å². The van der Waals surface area contributed by atoms with E-state index in [1.165, 1.54) is 12.8 Å². The van der Waals surface area contributed by atoms with Crippen LogP contribution in [0.15, 0.2) is 0 Å². The lowest BCUT2D eigenvalue weighted by molar-refractivity contribution is 0.00505. The Morgan fingerprint density at radius 2 is 1.72 bits per heavy atom. The van der Waals surface area contributed by atoms with Crippen LogP contribution in [0, 0.1) is 17.8 Å². The summed E-state index contributed by atoms with van der Waals surface area (Å²) in [4.78, 5) is 2.43. The molecule has 3 unspecified atom stereocenters. The van der Waals surface area contributed by atoms with Crippen LogP contribution in [0.1, 0.15) is 46.0 Å². The summed E-state index contributed by atoms with van der Waals surface area (Å²) in [6.07, 6.45) is 4.94. The van der Waals surface area contributed by atoms with E-state index >= 15 is 0 Å². The largest absolute Gasteiger partial charge is 0.393 e. The Balaban J connectivity index is 1.83. The second kappa shape index (κ2) is 6.36. The highest BCUT2D eigenvalue weighted by atomic mass is 16.3. The van der Waals surface area contributed by atoms with Crippen molar-refractivity contribution in [2.75, 3.05) is 19.6 Å². The third-order valence-electron chi connectivity index (χ3n) is 4.98. The van der Waals surface area contributed by atoms with Gasteiger partial charge in [0.2, 0.25) is 0 Å². The lowest BCUT2D eigenvalue weighted by atomic mass is 9.74. The summed E-state index contributed by atoms with van der Waals surface area (Å²) >= 11 is 0. The van der Waals surface area contributed by atoms with Gasteiger partial charge in [-0.25, -0.2) is 0 Å². The van der Waals surface area contributed by atoms with Gasteiger partial charge in [0.1, 0.15) is 0 Å². The summed E-state index contributed by atoms with van der Waals surface area (Å²) in [5.74, 6) is 1.97. The number of piperidine rings is 1. The highest BCUT2D eigenvalue weighted by Gasteiger charge is 2.32. The monoisotopic (exact) mass is 255 g/mol. The topological polar surface area (TPSA) is 43.7 Å². The molecule has 2 rings (SSSR count). The van der Waals surface area contributed by atoms with Crippen molar-refractivity contribution in [2.45, 2.75) is 58.2 Å². The molecule has 1 aliphatic carbocycles. The maximum Gasteiger partial charge on any atom is 0.0580 e. The van der Waals surface area contributed by atoms with Crippen LogP contribution in [0.3, 0.4) is 0 Å². The van der Waals surface area contributed by atoms with Crippen molar-refractivity contribution in [1.82, 2.24) is 4.90 Å². The van der Waals surface area contributed by atoms with E-state index in [9.17, 15) is 10.2 Å². The van der Waals surface area contributed by atoms with Crippen LogP contribution >= 0.6 is 0 Å². The van der Waals surface area contributed by atoms with Gasteiger partial charge in [0, 0.05) is 19.6 Å². The van der Waals surface area contributed by atoms with E-state index in [0.29, 0.717) is 5.92 Å². The summed E-state index contributed by atoms with van der Waals surface area (Å²) in [6.45, 7) is 7.62. The van der Waals surface area contributed by atoms with E-state index in [1.54, 1.807) is 0 Å². The number of aliphatic hydroxyl groups is 2. The standard InChI is InChI=1S/C15H29NO2/c1-11(2)12-3-4-15(18)13(9-12)10-16-7-5-14(17)6-8-16/h11-15,17-18H,3-10H2,1-2H3. The summed E-state index contributed by atoms with van der Waals surface area (Å²) in [5, 5.41) is 19.7. The van der Waals surface area contributed by atoms with E-state index < -0.39 is 0 Å². The van der Waals surface area contributed by atoms with Gasteiger partial charge in [-0.2, -0.15) is 0 Å². The average Bonchev–Trinajstić information content (AvgIpc) is 2.34. The Bertz CT molecular complexity index is 249. The van der Waals surface area contributed by atoms with Crippen LogP contribution in [0.4, 0.5) is 0 Å². The minimum absolute atomic E-state index is 0.0964. The quantitative estimate of drug-likeness (QED) is 0.809. The molecule has 1 saturated carbocycles. The van der Waals surface area contributed by atoms with E-state index in [2.05, 4.69) is 18.7 Å². The van der Waals surface area contributed by atoms with Gasteiger partial charge < -0.3 is 15.1 Å². The van der Waals surface area contributed by atoms with Gasteiger partial charge >= 0.3 is 0 Å². The highest BCUT2D eigenvalue weighted by molar-refractivity contribution is 4.84.